The highest BCUT2D eigenvalue weighted by molar-refractivity contribution is 9.10. The molecule has 3 atom stereocenters. The predicted octanol–water partition coefficient (Wildman–Crippen LogP) is 4.22. The molecule has 3 rings (SSSR count). The number of fused-ring (bicyclic) bond motifs is 1. The smallest absolute Gasteiger partial charge is 0.293 e. The molecule has 1 aliphatic heterocycles. The second kappa shape index (κ2) is 7.83. The average molecular weight is 445 g/mol. The van der Waals surface area contributed by atoms with Gasteiger partial charge in [-0.05, 0) is 24.5 Å². The number of benzene rings is 1. The number of hydrogen-bond acceptors (Lipinski definition) is 6. The SMILES string of the molecule is CCCCOC1(OCCCC)N=C(N)C2(C#N)C(c3ccccc3Br)C12C#N. The molecule has 6 nitrogen and oxygen atoms in total. The van der Waals surface area contributed by atoms with E-state index in [0.29, 0.717) is 13.2 Å². The van der Waals surface area contributed by atoms with E-state index in [4.69, 9.17) is 15.2 Å². The minimum absolute atomic E-state index is 0.116. The number of nitrogens with two attached hydrogens (primary N) is 1. The normalized spacial score (nSPS) is 29.5. The monoisotopic (exact) mass is 444 g/mol. The van der Waals surface area contributed by atoms with Gasteiger partial charge in [0.05, 0.1) is 25.4 Å². The Morgan fingerprint density at radius 3 is 2.21 bits per heavy atom. The zero-order valence-corrected chi connectivity index (χ0v) is 17.8. The Bertz CT molecular complexity index is 849. The summed E-state index contributed by atoms with van der Waals surface area (Å²) in [5, 5.41) is 20.5. The maximum Gasteiger partial charge on any atom is 0.293 e. The third-order valence-corrected chi connectivity index (χ3v) is 6.46. The molecule has 28 heavy (non-hydrogen) atoms. The molecule has 1 heterocycles. The third-order valence-electron chi connectivity index (χ3n) is 5.73. The molecule has 0 spiro atoms. The first-order chi connectivity index (χ1) is 13.5. The van der Waals surface area contributed by atoms with Gasteiger partial charge in [-0.15, -0.1) is 0 Å². The quantitative estimate of drug-likeness (QED) is 0.453. The van der Waals surface area contributed by atoms with Gasteiger partial charge in [-0.3, -0.25) is 0 Å². The summed E-state index contributed by atoms with van der Waals surface area (Å²) in [5.41, 5.74) is 4.55. The van der Waals surface area contributed by atoms with Crippen LogP contribution in [0.2, 0.25) is 0 Å². The van der Waals surface area contributed by atoms with Gasteiger partial charge in [0.15, 0.2) is 5.41 Å². The van der Waals surface area contributed by atoms with Crippen molar-refractivity contribution < 1.29 is 9.47 Å². The van der Waals surface area contributed by atoms with Gasteiger partial charge >= 0.3 is 0 Å². The Hall–Kier alpha value is -1.93. The number of halogens is 1. The molecule has 1 fully saturated rings. The Morgan fingerprint density at radius 1 is 1.11 bits per heavy atom. The van der Waals surface area contributed by atoms with Crippen LogP contribution in [0, 0.1) is 33.5 Å². The number of hydrogen-bond donors (Lipinski definition) is 1. The molecule has 0 radical (unpaired) electrons. The van der Waals surface area contributed by atoms with Crippen molar-refractivity contribution in [3.05, 3.63) is 34.3 Å². The fourth-order valence-corrected chi connectivity index (χ4v) is 4.76. The second-order valence-corrected chi connectivity index (χ2v) is 8.13. The lowest BCUT2D eigenvalue weighted by atomic mass is 9.93. The Balaban J connectivity index is 2.12. The van der Waals surface area contributed by atoms with E-state index in [1.807, 2.05) is 24.3 Å². The highest BCUT2D eigenvalue weighted by Crippen LogP contribution is 2.82. The van der Waals surface area contributed by atoms with Gasteiger partial charge in [-0.1, -0.05) is 60.8 Å². The molecule has 2 aliphatic rings. The van der Waals surface area contributed by atoms with Crippen molar-refractivity contribution in [1.29, 1.82) is 10.5 Å². The van der Waals surface area contributed by atoms with Crippen LogP contribution in [0.15, 0.2) is 33.7 Å². The Labute approximate surface area is 174 Å². The number of rotatable bonds is 9. The van der Waals surface area contributed by atoms with Crippen molar-refractivity contribution in [3.8, 4) is 12.1 Å². The van der Waals surface area contributed by atoms with Crippen LogP contribution < -0.4 is 5.73 Å². The lowest BCUT2D eigenvalue weighted by Gasteiger charge is -2.32. The molecule has 1 saturated carbocycles. The van der Waals surface area contributed by atoms with Crippen molar-refractivity contribution >= 4 is 21.8 Å². The minimum atomic E-state index is -1.56. The van der Waals surface area contributed by atoms with E-state index in [1.165, 1.54) is 0 Å². The molecule has 0 amide bonds. The topological polar surface area (TPSA) is 104 Å². The summed E-state index contributed by atoms with van der Waals surface area (Å²) in [6, 6.07) is 12.3. The van der Waals surface area contributed by atoms with Crippen LogP contribution in [-0.4, -0.2) is 25.0 Å². The Morgan fingerprint density at radius 2 is 1.71 bits per heavy atom. The van der Waals surface area contributed by atoms with Crippen LogP contribution in [0.4, 0.5) is 0 Å². The largest absolute Gasteiger partial charge is 0.386 e. The highest BCUT2D eigenvalue weighted by atomic mass is 79.9. The van der Waals surface area contributed by atoms with Gasteiger partial charge in [0.2, 0.25) is 0 Å². The summed E-state index contributed by atoms with van der Waals surface area (Å²) in [5.74, 6) is -1.93. The average Bonchev–Trinajstić information content (AvgIpc) is 3.26. The van der Waals surface area contributed by atoms with Crippen molar-refractivity contribution in [2.24, 2.45) is 21.6 Å². The first-order valence-corrected chi connectivity index (χ1v) is 10.5. The molecule has 148 valence electrons. The van der Waals surface area contributed by atoms with E-state index in [2.05, 4.69) is 46.9 Å². The maximum absolute atomic E-state index is 10.3. The van der Waals surface area contributed by atoms with Crippen LogP contribution in [-0.2, 0) is 9.47 Å². The van der Waals surface area contributed by atoms with Gasteiger partial charge in [-0.25, -0.2) is 4.99 Å². The first-order valence-electron chi connectivity index (χ1n) is 9.72. The molecule has 0 bridgehead atoms. The lowest BCUT2D eigenvalue weighted by Crippen LogP contribution is -2.44. The van der Waals surface area contributed by atoms with E-state index in [-0.39, 0.29) is 5.84 Å². The molecule has 3 unspecified atom stereocenters. The summed E-state index contributed by atoms with van der Waals surface area (Å²) >= 11 is 3.56. The third kappa shape index (κ3) is 2.61. The van der Waals surface area contributed by atoms with Crippen LogP contribution in [0.1, 0.15) is 51.0 Å². The van der Waals surface area contributed by atoms with Gasteiger partial charge in [0.25, 0.3) is 5.91 Å². The van der Waals surface area contributed by atoms with Crippen molar-refractivity contribution in [2.75, 3.05) is 13.2 Å². The van der Waals surface area contributed by atoms with E-state index >= 15 is 0 Å². The zero-order chi connectivity index (χ0) is 20.4. The summed E-state index contributed by atoms with van der Waals surface area (Å²) in [6.45, 7) is 4.88. The molecular weight excluding hydrogens is 420 g/mol. The molecule has 2 N–H and O–H groups in total. The standard InChI is InChI=1S/C21H25BrN4O2/c1-3-5-11-27-21(28-12-6-4-2)20(14-24)17(15-9-7-8-10-16(15)22)19(20,13-23)18(25)26-21/h7-10,17H,3-6,11-12H2,1-2H3,(H2,25,26). The second-order valence-electron chi connectivity index (χ2n) is 7.28. The van der Waals surface area contributed by atoms with Gasteiger partial charge < -0.3 is 15.2 Å². The molecule has 0 aromatic heterocycles. The molecule has 0 saturated heterocycles. The highest BCUT2D eigenvalue weighted by Gasteiger charge is 2.93. The van der Waals surface area contributed by atoms with Gasteiger partial charge in [-0.2, -0.15) is 10.5 Å². The predicted molar refractivity (Wildman–Crippen MR) is 109 cm³/mol. The number of nitriles is 2. The molecule has 1 aliphatic carbocycles. The van der Waals surface area contributed by atoms with Crippen LogP contribution in [0.25, 0.3) is 0 Å². The molecule has 7 heteroatoms. The van der Waals surface area contributed by atoms with E-state index < -0.39 is 22.7 Å². The van der Waals surface area contributed by atoms with E-state index in [1.54, 1.807) is 0 Å². The number of ether oxygens (including phenoxy) is 2. The molecule has 1 aromatic rings. The summed E-state index contributed by atoms with van der Waals surface area (Å²) in [7, 11) is 0. The van der Waals surface area contributed by atoms with Crippen LogP contribution in [0.5, 0.6) is 0 Å². The van der Waals surface area contributed by atoms with E-state index in [0.717, 1.165) is 35.7 Å². The Kier molecular flexibility index (Phi) is 5.82. The summed E-state index contributed by atoms with van der Waals surface area (Å²) < 4.78 is 13.1. The van der Waals surface area contributed by atoms with Crippen molar-refractivity contribution in [2.45, 2.75) is 51.4 Å². The summed E-state index contributed by atoms with van der Waals surface area (Å²) in [6.07, 6.45) is 3.46. The van der Waals surface area contributed by atoms with Crippen molar-refractivity contribution in [1.82, 2.24) is 0 Å². The zero-order valence-electron chi connectivity index (χ0n) is 16.2. The number of amidine groups is 1. The van der Waals surface area contributed by atoms with Crippen LogP contribution >= 0.6 is 15.9 Å². The van der Waals surface area contributed by atoms with E-state index in [9.17, 15) is 10.5 Å². The van der Waals surface area contributed by atoms with Crippen LogP contribution in [0.3, 0.4) is 0 Å². The lowest BCUT2D eigenvalue weighted by molar-refractivity contribution is -0.260. The number of nitrogens with zero attached hydrogens (tertiary/aromatic N) is 3. The summed E-state index contributed by atoms with van der Waals surface area (Å²) in [4.78, 5) is 4.48. The fraction of sp³-hybridized carbons (Fsp3) is 0.571. The minimum Gasteiger partial charge on any atom is -0.386 e. The van der Waals surface area contributed by atoms with Gasteiger partial charge in [0, 0.05) is 10.4 Å². The number of aliphatic imine (C=N–C) groups is 1. The van der Waals surface area contributed by atoms with Crippen molar-refractivity contribution in [3.63, 3.8) is 0 Å². The van der Waals surface area contributed by atoms with Gasteiger partial charge in [0.1, 0.15) is 11.3 Å². The fourth-order valence-electron chi connectivity index (χ4n) is 4.24. The first kappa shape index (κ1) is 20.8. The molecular formula is C21H25BrN4O2. The number of unbranched alkanes of at least 4 members (excludes halogenated alkanes) is 2. The maximum atomic E-state index is 10.3. The molecule has 1 aromatic carbocycles.